The van der Waals surface area contributed by atoms with Gasteiger partial charge in [0.2, 0.25) is 0 Å². The van der Waals surface area contributed by atoms with Crippen molar-refractivity contribution in [3.05, 3.63) is 72.8 Å². The summed E-state index contributed by atoms with van der Waals surface area (Å²) in [6.45, 7) is 4.43. The topological polar surface area (TPSA) is 40.5 Å². The number of aliphatic hydroxyl groups is 1. The highest BCUT2D eigenvalue weighted by Gasteiger charge is 2.49. The number of benzene rings is 2. The number of hydrogen-bond donors (Lipinski definition) is 2. The van der Waals surface area contributed by atoms with E-state index in [0.29, 0.717) is 5.92 Å². The van der Waals surface area contributed by atoms with E-state index >= 15 is 0 Å². The van der Waals surface area contributed by atoms with Gasteiger partial charge in [-0.1, -0.05) is 86.7 Å². The second-order valence-corrected chi connectivity index (χ2v) is 12.1. The van der Waals surface area contributed by atoms with E-state index in [1.54, 1.807) is 0 Å². The predicted molar refractivity (Wildman–Crippen MR) is 111 cm³/mol. The molecule has 0 amide bonds. The van der Waals surface area contributed by atoms with Gasteiger partial charge >= 0.3 is 0 Å². The first kappa shape index (κ1) is 19.1. The minimum Gasteiger partial charge on any atom is -0.424 e. The van der Waals surface area contributed by atoms with Crippen LogP contribution in [0.25, 0.3) is 0 Å². The first-order valence-corrected chi connectivity index (χ1v) is 11.6. The molecule has 2 aromatic carbocycles. The Labute approximate surface area is 158 Å². The van der Waals surface area contributed by atoms with E-state index < -0.39 is 8.32 Å². The van der Waals surface area contributed by atoms with Gasteiger partial charge in [0.05, 0.1) is 6.10 Å². The molecule has 1 aliphatic carbocycles. The molecule has 0 bridgehead atoms. The Hall–Kier alpha value is -1.68. The highest BCUT2D eigenvalue weighted by atomic mass is 28.4. The fourth-order valence-electron chi connectivity index (χ4n) is 4.23. The number of rotatable bonds is 6. The number of aliphatic hydroxyl groups excluding tert-OH is 1. The molecule has 0 fully saturated rings. The monoisotopic (exact) mass is 366 g/mol. The zero-order chi connectivity index (χ0) is 18.6. The van der Waals surface area contributed by atoms with Crippen LogP contribution in [-0.2, 0) is 0 Å². The molecule has 2 atom stereocenters. The Morgan fingerprint density at radius 1 is 0.962 bits per heavy atom. The summed E-state index contributed by atoms with van der Waals surface area (Å²) >= 11 is 0. The van der Waals surface area contributed by atoms with Crippen molar-refractivity contribution in [2.24, 2.45) is 5.92 Å². The molecule has 0 aromatic heterocycles. The Morgan fingerprint density at radius 3 is 2.00 bits per heavy atom. The van der Waals surface area contributed by atoms with Gasteiger partial charge in [0.25, 0.3) is 8.32 Å². The summed E-state index contributed by atoms with van der Waals surface area (Å²) in [7, 11) is -2.91. The van der Waals surface area contributed by atoms with Crippen molar-refractivity contribution in [3.8, 4) is 0 Å². The SMILES string of the molecule is CC(C)(CC[C@H]1CC=C[C@@H](O)C1)[Si](O)(c1ccccc1)c1ccccc1. The highest BCUT2D eigenvalue weighted by Crippen LogP contribution is 2.42. The van der Waals surface area contributed by atoms with Gasteiger partial charge in [0.15, 0.2) is 0 Å². The standard InChI is InChI=1S/C23H30O2Si/c1-23(2,17-16-19-10-9-11-20(24)18-19)26(25,21-12-5-3-6-13-21)22-14-7-4-8-15-22/h3-9,11-15,19-20,24-25H,10,16-18H2,1-2H3/t19-,20-/m1/s1. The highest BCUT2D eigenvalue weighted by molar-refractivity contribution is 6.98. The zero-order valence-corrected chi connectivity index (χ0v) is 16.8. The molecule has 3 heteroatoms. The van der Waals surface area contributed by atoms with E-state index in [4.69, 9.17) is 0 Å². The third-order valence-electron chi connectivity index (χ3n) is 5.94. The van der Waals surface area contributed by atoms with Gasteiger partial charge < -0.3 is 9.90 Å². The molecular weight excluding hydrogens is 336 g/mol. The molecule has 0 saturated heterocycles. The fourth-order valence-corrected chi connectivity index (χ4v) is 7.98. The van der Waals surface area contributed by atoms with Crippen molar-refractivity contribution in [3.63, 3.8) is 0 Å². The maximum Gasteiger partial charge on any atom is 0.258 e. The molecule has 0 unspecified atom stereocenters. The van der Waals surface area contributed by atoms with Gasteiger partial charge in [-0.2, -0.15) is 0 Å². The van der Waals surface area contributed by atoms with Crippen LogP contribution >= 0.6 is 0 Å². The largest absolute Gasteiger partial charge is 0.424 e. The molecule has 2 aromatic rings. The summed E-state index contributed by atoms with van der Waals surface area (Å²) in [5.74, 6) is 0.499. The molecule has 0 spiro atoms. The molecule has 1 aliphatic rings. The van der Waals surface area contributed by atoms with Gasteiger partial charge in [-0.15, -0.1) is 0 Å². The Morgan fingerprint density at radius 2 is 1.50 bits per heavy atom. The van der Waals surface area contributed by atoms with E-state index in [1.165, 1.54) is 0 Å². The van der Waals surface area contributed by atoms with Crippen LogP contribution in [0, 0.1) is 5.92 Å². The van der Waals surface area contributed by atoms with Crippen LogP contribution in [-0.4, -0.2) is 24.3 Å². The van der Waals surface area contributed by atoms with Crippen molar-refractivity contribution in [2.75, 3.05) is 0 Å². The fraction of sp³-hybridized carbons (Fsp3) is 0.391. The molecule has 2 nitrogen and oxygen atoms in total. The minimum atomic E-state index is -2.91. The van der Waals surface area contributed by atoms with Crippen molar-refractivity contribution in [1.82, 2.24) is 0 Å². The average Bonchev–Trinajstić information content (AvgIpc) is 2.67. The number of allylic oxidation sites excluding steroid dienone is 1. The van der Waals surface area contributed by atoms with E-state index in [1.807, 2.05) is 42.5 Å². The van der Waals surface area contributed by atoms with Crippen molar-refractivity contribution >= 4 is 18.7 Å². The summed E-state index contributed by atoms with van der Waals surface area (Å²) < 4.78 is 0. The summed E-state index contributed by atoms with van der Waals surface area (Å²) in [4.78, 5) is 12.1. The summed E-state index contributed by atoms with van der Waals surface area (Å²) in [5.41, 5.74) is 0. The van der Waals surface area contributed by atoms with Crippen LogP contribution in [0.1, 0.15) is 39.5 Å². The van der Waals surface area contributed by atoms with E-state index in [0.717, 1.165) is 36.1 Å². The van der Waals surface area contributed by atoms with Crippen LogP contribution in [0.4, 0.5) is 0 Å². The maximum atomic E-state index is 12.1. The lowest BCUT2D eigenvalue weighted by Crippen LogP contribution is -2.65. The molecular formula is C23H30O2Si. The second-order valence-electron chi connectivity index (χ2n) is 8.20. The van der Waals surface area contributed by atoms with Crippen LogP contribution in [0.5, 0.6) is 0 Å². The van der Waals surface area contributed by atoms with Crippen LogP contribution in [0.3, 0.4) is 0 Å². The van der Waals surface area contributed by atoms with E-state index in [-0.39, 0.29) is 11.1 Å². The van der Waals surface area contributed by atoms with E-state index in [2.05, 4.69) is 44.2 Å². The van der Waals surface area contributed by atoms with Gasteiger partial charge in [0, 0.05) is 0 Å². The van der Waals surface area contributed by atoms with Crippen molar-refractivity contribution in [1.29, 1.82) is 0 Å². The Bertz CT molecular complexity index is 685. The molecule has 2 N–H and O–H groups in total. The first-order chi connectivity index (χ1) is 12.4. The Kier molecular flexibility index (Phi) is 5.81. The first-order valence-electron chi connectivity index (χ1n) is 9.61. The lowest BCUT2D eigenvalue weighted by Gasteiger charge is -2.42. The Balaban J connectivity index is 1.89. The summed E-state index contributed by atoms with van der Waals surface area (Å²) in [6.07, 6.45) is 7.54. The molecule has 3 rings (SSSR count). The summed E-state index contributed by atoms with van der Waals surface area (Å²) in [5, 5.41) is 11.8. The molecule has 0 heterocycles. The third-order valence-corrected chi connectivity index (χ3v) is 10.5. The van der Waals surface area contributed by atoms with Gasteiger partial charge in [-0.05, 0) is 47.0 Å². The molecule has 0 saturated carbocycles. The lowest BCUT2D eigenvalue weighted by molar-refractivity contribution is 0.172. The third kappa shape index (κ3) is 3.85. The zero-order valence-electron chi connectivity index (χ0n) is 15.8. The maximum absolute atomic E-state index is 12.1. The number of hydrogen-bond acceptors (Lipinski definition) is 2. The van der Waals surface area contributed by atoms with Crippen LogP contribution < -0.4 is 10.4 Å². The van der Waals surface area contributed by atoms with Gasteiger partial charge in [0.1, 0.15) is 0 Å². The van der Waals surface area contributed by atoms with Gasteiger partial charge in [-0.25, -0.2) is 0 Å². The molecule has 26 heavy (non-hydrogen) atoms. The second kappa shape index (κ2) is 7.91. The molecule has 0 radical (unpaired) electrons. The average molecular weight is 367 g/mol. The minimum absolute atomic E-state index is 0.207. The normalized spacial score (nSPS) is 20.9. The van der Waals surface area contributed by atoms with E-state index in [9.17, 15) is 9.90 Å². The molecule has 0 aliphatic heterocycles. The van der Waals surface area contributed by atoms with Crippen molar-refractivity contribution in [2.45, 2.75) is 50.7 Å². The molecule has 138 valence electrons. The smallest absolute Gasteiger partial charge is 0.258 e. The van der Waals surface area contributed by atoms with Crippen LogP contribution in [0.15, 0.2) is 72.8 Å². The van der Waals surface area contributed by atoms with Gasteiger partial charge in [-0.3, -0.25) is 0 Å². The van der Waals surface area contributed by atoms with Crippen molar-refractivity contribution < 1.29 is 9.90 Å². The lowest BCUT2D eigenvalue weighted by atomic mass is 9.87. The quantitative estimate of drug-likeness (QED) is 0.605. The van der Waals surface area contributed by atoms with Crippen LogP contribution in [0.2, 0.25) is 5.04 Å². The summed E-state index contributed by atoms with van der Waals surface area (Å²) in [6, 6.07) is 20.4. The predicted octanol–water partition coefficient (Wildman–Crippen LogP) is 3.63.